The van der Waals surface area contributed by atoms with Gasteiger partial charge in [-0.3, -0.25) is 0 Å². The van der Waals surface area contributed by atoms with E-state index in [1.807, 2.05) is 0 Å². The summed E-state index contributed by atoms with van der Waals surface area (Å²) in [6, 6.07) is 2.57. The number of rotatable bonds is 4. The van der Waals surface area contributed by atoms with Gasteiger partial charge in [0.1, 0.15) is 11.4 Å². The quantitative estimate of drug-likeness (QED) is 0.722. The molecular formula is C13H19FN2O2. The molecule has 1 aromatic carbocycles. The molecule has 0 atom stereocenters. The van der Waals surface area contributed by atoms with Gasteiger partial charge in [0.25, 0.3) is 0 Å². The number of nitrogens with two attached hydrogens (primary N) is 1. The third kappa shape index (κ3) is 3.61. The van der Waals surface area contributed by atoms with Crippen LogP contribution >= 0.6 is 0 Å². The summed E-state index contributed by atoms with van der Waals surface area (Å²) in [6.07, 6.45) is 0.864. The summed E-state index contributed by atoms with van der Waals surface area (Å²) in [7, 11) is 0. The van der Waals surface area contributed by atoms with E-state index in [1.54, 1.807) is 0 Å². The molecule has 0 saturated carbocycles. The van der Waals surface area contributed by atoms with Gasteiger partial charge in [-0.05, 0) is 24.0 Å². The lowest BCUT2D eigenvalue weighted by Gasteiger charge is -2.19. The molecule has 0 bridgehead atoms. The third-order valence-corrected chi connectivity index (χ3v) is 2.60. The summed E-state index contributed by atoms with van der Waals surface area (Å²) < 4.78 is 13.2. The van der Waals surface area contributed by atoms with E-state index in [-0.39, 0.29) is 16.7 Å². The number of halogens is 1. The highest BCUT2D eigenvalue weighted by Crippen LogP contribution is 2.26. The minimum absolute atomic E-state index is 0.141. The number of carbonyl (C=O) groups is 1. The lowest BCUT2D eigenvalue weighted by molar-refractivity contribution is 0.0698. The molecule has 4 nitrogen and oxygen atoms in total. The first-order valence-corrected chi connectivity index (χ1v) is 5.77. The summed E-state index contributed by atoms with van der Waals surface area (Å²) in [4.78, 5) is 11.1. The zero-order valence-corrected chi connectivity index (χ0v) is 10.9. The predicted molar refractivity (Wildman–Crippen MR) is 70.3 cm³/mol. The van der Waals surface area contributed by atoms with Gasteiger partial charge in [0.15, 0.2) is 0 Å². The lowest BCUT2D eigenvalue weighted by Crippen LogP contribution is -2.15. The second-order valence-electron chi connectivity index (χ2n) is 5.43. The molecule has 0 radical (unpaired) electrons. The van der Waals surface area contributed by atoms with Crippen LogP contribution in [-0.4, -0.2) is 17.6 Å². The van der Waals surface area contributed by atoms with E-state index in [0.717, 1.165) is 6.42 Å². The van der Waals surface area contributed by atoms with Gasteiger partial charge in [-0.15, -0.1) is 0 Å². The molecule has 1 rings (SSSR count). The van der Waals surface area contributed by atoms with E-state index in [2.05, 4.69) is 26.1 Å². The standard InChI is InChI=1S/C13H19FN2O2/c1-13(2,3)6-7-16-9-5-4-8(14)11(15)10(9)12(17)18/h4-5,16H,6-7,15H2,1-3H3,(H,17,18). The fourth-order valence-corrected chi connectivity index (χ4v) is 1.54. The van der Waals surface area contributed by atoms with Gasteiger partial charge in [0, 0.05) is 6.54 Å². The second kappa shape index (κ2) is 5.25. The van der Waals surface area contributed by atoms with Crippen LogP contribution in [0.3, 0.4) is 0 Å². The van der Waals surface area contributed by atoms with Crippen LogP contribution in [0.15, 0.2) is 12.1 Å². The van der Waals surface area contributed by atoms with Crippen LogP contribution in [-0.2, 0) is 0 Å². The van der Waals surface area contributed by atoms with Crippen LogP contribution in [0.1, 0.15) is 37.6 Å². The maximum Gasteiger partial charge on any atom is 0.340 e. The average molecular weight is 254 g/mol. The Morgan fingerprint density at radius 1 is 1.44 bits per heavy atom. The van der Waals surface area contributed by atoms with Crippen molar-refractivity contribution < 1.29 is 14.3 Å². The largest absolute Gasteiger partial charge is 0.478 e. The maximum absolute atomic E-state index is 13.2. The van der Waals surface area contributed by atoms with Crippen LogP contribution in [0, 0.1) is 11.2 Å². The number of carboxylic acid groups (broad SMARTS) is 1. The monoisotopic (exact) mass is 254 g/mol. The highest BCUT2D eigenvalue weighted by Gasteiger charge is 2.18. The summed E-state index contributed by atoms with van der Waals surface area (Å²) >= 11 is 0. The molecule has 100 valence electrons. The van der Waals surface area contributed by atoms with Crippen molar-refractivity contribution in [3.8, 4) is 0 Å². The Hall–Kier alpha value is -1.78. The van der Waals surface area contributed by atoms with Crippen molar-refractivity contribution >= 4 is 17.3 Å². The second-order valence-corrected chi connectivity index (χ2v) is 5.43. The van der Waals surface area contributed by atoms with Crippen molar-refractivity contribution in [2.75, 3.05) is 17.6 Å². The van der Waals surface area contributed by atoms with Gasteiger partial charge >= 0.3 is 5.97 Å². The summed E-state index contributed by atoms with van der Waals surface area (Å²) in [5, 5.41) is 12.0. The zero-order chi connectivity index (χ0) is 13.9. The fourth-order valence-electron chi connectivity index (χ4n) is 1.54. The van der Waals surface area contributed by atoms with E-state index < -0.39 is 11.8 Å². The molecule has 0 aliphatic heterocycles. The Kier molecular flexibility index (Phi) is 4.16. The molecule has 1 aromatic rings. The number of carboxylic acids is 1. The zero-order valence-electron chi connectivity index (χ0n) is 10.9. The SMILES string of the molecule is CC(C)(C)CCNc1ccc(F)c(N)c1C(=O)O. The lowest BCUT2D eigenvalue weighted by atomic mass is 9.92. The first-order valence-electron chi connectivity index (χ1n) is 5.77. The van der Waals surface area contributed by atoms with Crippen molar-refractivity contribution in [3.63, 3.8) is 0 Å². The smallest absolute Gasteiger partial charge is 0.340 e. The third-order valence-electron chi connectivity index (χ3n) is 2.60. The van der Waals surface area contributed by atoms with Crippen LogP contribution in [0.5, 0.6) is 0 Å². The Morgan fingerprint density at radius 2 is 2.06 bits per heavy atom. The van der Waals surface area contributed by atoms with Crippen molar-refractivity contribution in [2.45, 2.75) is 27.2 Å². The Morgan fingerprint density at radius 3 is 2.56 bits per heavy atom. The molecule has 18 heavy (non-hydrogen) atoms. The van der Waals surface area contributed by atoms with Gasteiger partial charge in [0.05, 0.1) is 11.4 Å². The molecule has 0 aromatic heterocycles. The predicted octanol–water partition coefficient (Wildman–Crippen LogP) is 2.95. The van der Waals surface area contributed by atoms with Crippen LogP contribution in [0.2, 0.25) is 0 Å². The maximum atomic E-state index is 13.2. The molecule has 0 aliphatic carbocycles. The Bertz CT molecular complexity index is 453. The number of anilines is 2. The van der Waals surface area contributed by atoms with Gasteiger partial charge in [-0.25, -0.2) is 9.18 Å². The molecular weight excluding hydrogens is 235 g/mol. The van der Waals surface area contributed by atoms with Crippen LogP contribution in [0.4, 0.5) is 15.8 Å². The van der Waals surface area contributed by atoms with E-state index in [4.69, 9.17) is 10.8 Å². The molecule has 0 fully saturated rings. The molecule has 0 heterocycles. The van der Waals surface area contributed by atoms with Gasteiger partial charge in [-0.2, -0.15) is 0 Å². The van der Waals surface area contributed by atoms with Gasteiger partial charge < -0.3 is 16.2 Å². The van der Waals surface area contributed by atoms with Crippen LogP contribution < -0.4 is 11.1 Å². The topological polar surface area (TPSA) is 75.3 Å². The molecule has 4 N–H and O–H groups in total. The normalized spacial score (nSPS) is 11.3. The molecule has 0 spiro atoms. The van der Waals surface area contributed by atoms with Gasteiger partial charge in [0.2, 0.25) is 0 Å². The highest BCUT2D eigenvalue weighted by atomic mass is 19.1. The molecule has 0 saturated heterocycles. The van der Waals surface area contributed by atoms with E-state index in [9.17, 15) is 9.18 Å². The first-order chi connectivity index (χ1) is 8.22. The Labute approximate surface area is 106 Å². The fraction of sp³-hybridized carbons (Fsp3) is 0.462. The highest BCUT2D eigenvalue weighted by molar-refractivity contribution is 6.00. The van der Waals surface area contributed by atoms with E-state index in [1.165, 1.54) is 12.1 Å². The number of nitrogen functional groups attached to an aromatic ring is 1. The Balaban J connectivity index is 2.89. The summed E-state index contributed by atoms with van der Waals surface area (Å²) in [5.74, 6) is -1.95. The van der Waals surface area contributed by atoms with Crippen molar-refractivity contribution in [1.29, 1.82) is 0 Å². The van der Waals surface area contributed by atoms with Crippen molar-refractivity contribution in [3.05, 3.63) is 23.5 Å². The molecule has 5 heteroatoms. The molecule has 0 amide bonds. The number of nitrogens with one attached hydrogen (secondary N) is 1. The number of hydrogen-bond acceptors (Lipinski definition) is 3. The summed E-state index contributed by atoms with van der Waals surface area (Å²) in [6.45, 7) is 6.87. The van der Waals surface area contributed by atoms with E-state index >= 15 is 0 Å². The average Bonchev–Trinajstić information content (AvgIpc) is 2.21. The first kappa shape index (κ1) is 14.3. The molecule has 0 unspecified atom stereocenters. The van der Waals surface area contributed by atoms with E-state index in [0.29, 0.717) is 12.2 Å². The number of benzene rings is 1. The number of aromatic carboxylic acids is 1. The van der Waals surface area contributed by atoms with Crippen LogP contribution in [0.25, 0.3) is 0 Å². The number of hydrogen-bond donors (Lipinski definition) is 3. The van der Waals surface area contributed by atoms with Crippen molar-refractivity contribution in [1.82, 2.24) is 0 Å². The van der Waals surface area contributed by atoms with Gasteiger partial charge in [-0.1, -0.05) is 20.8 Å². The summed E-state index contributed by atoms with van der Waals surface area (Å²) in [5.41, 5.74) is 5.40. The minimum atomic E-state index is -1.23. The minimum Gasteiger partial charge on any atom is -0.478 e. The molecule has 0 aliphatic rings. The van der Waals surface area contributed by atoms with Crippen molar-refractivity contribution in [2.24, 2.45) is 5.41 Å².